The molecule has 0 spiro atoms. The lowest BCUT2D eigenvalue weighted by atomic mass is 10.1. The van der Waals surface area contributed by atoms with Crippen LogP contribution in [0, 0.1) is 6.07 Å². The molecule has 0 N–H and O–H groups in total. The summed E-state index contributed by atoms with van der Waals surface area (Å²) in [6, 6.07) is 14.6. The molecule has 1 radical (unpaired) electrons. The smallest absolute Gasteiger partial charge is 0.135 e. The minimum Gasteiger partial charge on any atom is -0.464 e. The van der Waals surface area contributed by atoms with Gasteiger partial charge in [-0.25, -0.2) is 0 Å². The highest BCUT2D eigenvalue weighted by atomic mass is 16.3. The molecule has 0 saturated heterocycles. The molecule has 0 saturated carbocycles. The number of hydrogen-bond acceptors (Lipinski definition) is 2. The Hall–Kier alpha value is -2.09. The van der Waals surface area contributed by atoms with E-state index in [1.54, 1.807) is 12.5 Å². The SMILES string of the molecule is [c]1cc(-c2ccccn2)c2ccoc2c1. The standard InChI is InChI=1S/C13H8NO/c1-2-8-14-12(5-1)10-4-3-6-13-11(10)7-9-15-13/h1-2,4-9H. The highest BCUT2D eigenvalue weighted by Crippen LogP contribution is 2.27. The Morgan fingerprint density at radius 3 is 3.00 bits per heavy atom. The number of furan rings is 1. The Balaban J connectivity index is 2.31. The van der Waals surface area contributed by atoms with E-state index in [9.17, 15) is 0 Å². The van der Waals surface area contributed by atoms with Gasteiger partial charge in [0.2, 0.25) is 0 Å². The molecule has 0 fully saturated rings. The summed E-state index contributed by atoms with van der Waals surface area (Å²) in [5.74, 6) is 0. The van der Waals surface area contributed by atoms with Crippen molar-refractivity contribution in [2.24, 2.45) is 0 Å². The summed E-state index contributed by atoms with van der Waals surface area (Å²) in [5, 5.41) is 1.08. The molecule has 0 aliphatic carbocycles. The van der Waals surface area contributed by atoms with Gasteiger partial charge in [0, 0.05) is 17.1 Å². The van der Waals surface area contributed by atoms with Crippen LogP contribution in [0.2, 0.25) is 0 Å². The monoisotopic (exact) mass is 194 g/mol. The summed E-state index contributed by atoms with van der Waals surface area (Å²) < 4.78 is 5.32. The molecular weight excluding hydrogens is 186 g/mol. The summed E-state index contributed by atoms with van der Waals surface area (Å²) in [6.45, 7) is 0. The molecule has 15 heavy (non-hydrogen) atoms. The van der Waals surface area contributed by atoms with E-state index in [1.807, 2.05) is 36.4 Å². The highest BCUT2D eigenvalue weighted by Gasteiger charge is 2.05. The van der Waals surface area contributed by atoms with Crippen molar-refractivity contribution in [2.45, 2.75) is 0 Å². The van der Waals surface area contributed by atoms with Crippen LogP contribution in [0.5, 0.6) is 0 Å². The molecule has 2 aromatic heterocycles. The van der Waals surface area contributed by atoms with Crippen molar-refractivity contribution in [3.8, 4) is 11.3 Å². The normalized spacial score (nSPS) is 10.7. The van der Waals surface area contributed by atoms with E-state index in [0.29, 0.717) is 0 Å². The van der Waals surface area contributed by atoms with Crippen molar-refractivity contribution >= 4 is 11.0 Å². The van der Waals surface area contributed by atoms with E-state index in [-0.39, 0.29) is 0 Å². The summed E-state index contributed by atoms with van der Waals surface area (Å²) in [6.07, 6.45) is 3.47. The van der Waals surface area contributed by atoms with Gasteiger partial charge in [-0.3, -0.25) is 4.98 Å². The van der Waals surface area contributed by atoms with E-state index >= 15 is 0 Å². The molecule has 71 valence electrons. The van der Waals surface area contributed by atoms with Gasteiger partial charge >= 0.3 is 0 Å². The maximum atomic E-state index is 5.32. The molecule has 0 unspecified atom stereocenters. The van der Waals surface area contributed by atoms with E-state index in [1.165, 1.54) is 0 Å². The summed E-state index contributed by atoms with van der Waals surface area (Å²) in [4.78, 5) is 4.32. The topological polar surface area (TPSA) is 26.0 Å². The molecule has 2 heterocycles. The lowest BCUT2D eigenvalue weighted by Crippen LogP contribution is -1.81. The number of benzene rings is 1. The van der Waals surface area contributed by atoms with Gasteiger partial charge in [-0.1, -0.05) is 6.07 Å². The maximum Gasteiger partial charge on any atom is 0.135 e. The number of rotatable bonds is 1. The van der Waals surface area contributed by atoms with Crippen molar-refractivity contribution in [3.63, 3.8) is 0 Å². The fourth-order valence-corrected chi connectivity index (χ4v) is 1.67. The van der Waals surface area contributed by atoms with Gasteiger partial charge in [0.25, 0.3) is 0 Å². The molecule has 2 heteroatoms. The van der Waals surface area contributed by atoms with Gasteiger partial charge in [0.05, 0.1) is 12.0 Å². The van der Waals surface area contributed by atoms with Crippen LogP contribution in [0.1, 0.15) is 0 Å². The van der Waals surface area contributed by atoms with Crippen LogP contribution in [0.15, 0.2) is 53.3 Å². The third-order valence-corrected chi connectivity index (χ3v) is 2.37. The van der Waals surface area contributed by atoms with Gasteiger partial charge in [0.15, 0.2) is 0 Å². The highest BCUT2D eigenvalue weighted by molar-refractivity contribution is 5.92. The van der Waals surface area contributed by atoms with Gasteiger partial charge in [-0.15, -0.1) is 0 Å². The van der Waals surface area contributed by atoms with Gasteiger partial charge in [0.1, 0.15) is 5.58 Å². The molecule has 2 nitrogen and oxygen atoms in total. The number of fused-ring (bicyclic) bond motifs is 1. The molecule has 0 amide bonds. The van der Waals surface area contributed by atoms with Crippen LogP contribution < -0.4 is 0 Å². The molecule has 3 aromatic rings. The van der Waals surface area contributed by atoms with Crippen LogP contribution in [0.3, 0.4) is 0 Å². The second-order valence-electron chi connectivity index (χ2n) is 3.28. The summed E-state index contributed by atoms with van der Waals surface area (Å²) in [7, 11) is 0. The third-order valence-electron chi connectivity index (χ3n) is 2.37. The van der Waals surface area contributed by atoms with Crippen molar-refractivity contribution in [3.05, 3.63) is 54.9 Å². The number of pyridine rings is 1. The molecule has 1 aromatic carbocycles. The summed E-state index contributed by atoms with van der Waals surface area (Å²) >= 11 is 0. The van der Waals surface area contributed by atoms with Crippen molar-refractivity contribution in [1.82, 2.24) is 4.98 Å². The van der Waals surface area contributed by atoms with Crippen molar-refractivity contribution in [2.75, 3.05) is 0 Å². The zero-order valence-electron chi connectivity index (χ0n) is 7.97. The van der Waals surface area contributed by atoms with Crippen LogP contribution >= 0.6 is 0 Å². The predicted molar refractivity (Wildman–Crippen MR) is 58.3 cm³/mol. The first-order valence-corrected chi connectivity index (χ1v) is 4.74. The van der Waals surface area contributed by atoms with Gasteiger partial charge in [-0.2, -0.15) is 0 Å². The first kappa shape index (κ1) is 8.24. The first-order valence-electron chi connectivity index (χ1n) is 4.74. The Bertz CT molecular complexity index is 584. The summed E-state index contributed by atoms with van der Waals surface area (Å²) in [5.41, 5.74) is 2.85. The average molecular weight is 194 g/mol. The predicted octanol–water partition coefficient (Wildman–Crippen LogP) is 3.29. The van der Waals surface area contributed by atoms with Crippen LogP contribution in [0.25, 0.3) is 22.2 Å². The largest absolute Gasteiger partial charge is 0.464 e. The number of hydrogen-bond donors (Lipinski definition) is 0. The van der Waals surface area contributed by atoms with E-state index in [4.69, 9.17) is 4.42 Å². The van der Waals surface area contributed by atoms with Crippen molar-refractivity contribution in [1.29, 1.82) is 0 Å². The molecule has 0 atom stereocenters. The molecule has 0 aliphatic heterocycles. The van der Waals surface area contributed by atoms with Crippen LogP contribution in [-0.2, 0) is 0 Å². The number of nitrogens with zero attached hydrogens (tertiary/aromatic N) is 1. The minimum atomic E-state index is 0.846. The van der Waals surface area contributed by atoms with E-state index in [0.717, 1.165) is 22.2 Å². The molecular formula is C13H8NO. The zero-order chi connectivity index (χ0) is 10.1. The Morgan fingerprint density at radius 2 is 2.13 bits per heavy atom. The van der Waals surface area contributed by atoms with Gasteiger partial charge < -0.3 is 4.42 Å². The minimum absolute atomic E-state index is 0.846. The van der Waals surface area contributed by atoms with Crippen LogP contribution in [0.4, 0.5) is 0 Å². The lowest BCUT2D eigenvalue weighted by Gasteiger charge is -2.00. The second kappa shape index (κ2) is 3.24. The molecule has 3 rings (SSSR count). The Morgan fingerprint density at radius 1 is 1.13 bits per heavy atom. The number of aromatic nitrogens is 1. The van der Waals surface area contributed by atoms with E-state index < -0.39 is 0 Å². The van der Waals surface area contributed by atoms with Gasteiger partial charge in [-0.05, 0) is 36.4 Å². The quantitative estimate of drug-likeness (QED) is 0.594. The average Bonchev–Trinajstić information content (AvgIpc) is 2.78. The second-order valence-corrected chi connectivity index (χ2v) is 3.28. The fourth-order valence-electron chi connectivity index (χ4n) is 1.67. The lowest BCUT2D eigenvalue weighted by molar-refractivity contribution is 0.616. The van der Waals surface area contributed by atoms with Crippen LogP contribution in [-0.4, -0.2) is 4.98 Å². The maximum absolute atomic E-state index is 5.32. The fraction of sp³-hybridized carbons (Fsp3) is 0. The Kier molecular flexibility index (Phi) is 1.78. The first-order chi connectivity index (χ1) is 7.45. The molecule has 0 bridgehead atoms. The Labute approximate surface area is 87.2 Å². The zero-order valence-corrected chi connectivity index (χ0v) is 7.97. The van der Waals surface area contributed by atoms with E-state index in [2.05, 4.69) is 11.1 Å². The van der Waals surface area contributed by atoms with Crippen molar-refractivity contribution < 1.29 is 4.42 Å². The third kappa shape index (κ3) is 1.31. The molecule has 0 aliphatic rings.